The van der Waals surface area contributed by atoms with Crippen molar-refractivity contribution in [3.63, 3.8) is 0 Å². The van der Waals surface area contributed by atoms with Crippen LogP contribution in [-0.4, -0.2) is 6.04 Å². The van der Waals surface area contributed by atoms with Crippen LogP contribution < -0.4 is 5.73 Å². The lowest BCUT2D eigenvalue weighted by Gasteiger charge is -2.26. The fraction of sp³-hybridized carbons (Fsp3) is 0.368. The molecule has 0 bridgehead atoms. The number of hydrogen-bond acceptors (Lipinski definition) is 1. The molecule has 1 aliphatic rings. The van der Waals surface area contributed by atoms with Gasteiger partial charge in [0.1, 0.15) is 0 Å². The van der Waals surface area contributed by atoms with Crippen molar-refractivity contribution in [2.45, 2.75) is 44.6 Å². The zero-order valence-corrected chi connectivity index (χ0v) is 12.8. The summed E-state index contributed by atoms with van der Waals surface area (Å²) in [6.07, 6.45) is 3.39. The van der Waals surface area contributed by atoms with Gasteiger partial charge >= 0.3 is 0 Å². The van der Waals surface area contributed by atoms with Crippen LogP contribution in [0.4, 0.5) is 8.78 Å². The molecule has 0 amide bonds. The maximum atomic E-state index is 13.8. The zero-order valence-electron chi connectivity index (χ0n) is 12.8. The van der Waals surface area contributed by atoms with E-state index in [4.69, 9.17) is 5.73 Å². The van der Waals surface area contributed by atoms with E-state index in [0.717, 1.165) is 42.4 Å². The van der Waals surface area contributed by atoms with Crippen LogP contribution in [-0.2, 0) is 12.8 Å². The molecule has 1 aliphatic carbocycles. The fourth-order valence-corrected chi connectivity index (χ4v) is 3.57. The van der Waals surface area contributed by atoms with Gasteiger partial charge in [0.2, 0.25) is 0 Å². The molecule has 22 heavy (non-hydrogen) atoms. The van der Waals surface area contributed by atoms with E-state index < -0.39 is 11.6 Å². The van der Waals surface area contributed by atoms with E-state index in [2.05, 4.69) is 19.1 Å². The monoisotopic (exact) mass is 301 g/mol. The van der Waals surface area contributed by atoms with Crippen molar-refractivity contribution < 1.29 is 8.78 Å². The lowest BCUT2D eigenvalue weighted by molar-refractivity contribution is 0.497. The second kappa shape index (κ2) is 6.17. The number of benzene rings is 2. The van der Waals surface area contributed by atoms with E-state index in [1.54, 1.807) is 0 Å². The summed E-state index contributed by atoms with van der Waals surface area (Å²) in [5.41, 5.74) is 10.6. The summed E-state index contributed by atoms with van der Waals surface area (Å²) in [5, 5.41) is 0. The average molecular weight is 301 g/mol. The molecular weight excluding hydrogens is 280 g/mol. The Bertz CT molecular complexity index is 681. The van der Waals surface area contributed by atoms with Gasteiger partial charge in [0, 0.05) is 12.0 Å². The highest BCUT2D eigenvalue weighted by atomic mass is 19.2. The minimum Gasteiger partial charge on any atom is -0.327 e. The van der Waals surface area contributed by atoms with Crippen LogP contribution in [0, 0.1) is 11.6 Å². The summed E-state index contributed by atoms with van der Waals surface area (Å²) >= 11 is 0. The first-order valence-electron chi connectivity index (χ1n) is 7.93. The summed E-state index contributed by atoms with van der Waals surface area (Å²) in [6, 6.07) is 10.8. The van der Waals surface area contributed by atoms with Crippen molar-refractivity contribution in [3.05, 3.63) is 70.3 Å². The topological polar surface area (TPSA) is 26.0 Å². The van der Waals surface area contributed by atoms with Gasteiger partial charge in [0.05, 0.1) is 0 Å². The number of hydrogen-bond donors (Lipinski definition) is 1. The molecule has 0 radical (unpaired) electrons. The van der Waals surface area contributed by atoms with E-state index >= 15 is 0 Å². The largest absolute Gasteiger partial charge is 0.327 e. The smallest absolute Gasteiger partial charge is 0.159 e. The highest BCUT2D eigenvalue weighted by Gasteiger charge is 2.29. The highest BCUT2D eigenvalue weighted by Crippen LogP contribution is 2.37. The number of fused-ring (bicyclic) bond motifs is 2. The Kier molecular flexibility index (Phi) is 4.25. The van der Waals surface area contributed by atoms with Crippen molar-refractivity contribution in [1.82, 2.24) is 0 Å². The van der Waals surface area contributed by atoms with Crippen LogP contribution in [0.25, 0.3) is 0 Å². The van der Waals surface area contributed by atoms with Gasteiger partial charge in [-0.3, -0.25) is 0 Å². The molecular formula is C19H21F2N. The SMILES string of the molecule is CCCC(N)C1c2ccccc2CCc2cc(F)c(F)cc21. The van der Waals surface area contributed by atoms with Crippen LogP contribution in [0.1, 0.15) is 47.9 Å². The predicted octanol–water partition coefficient (Wildman–Crippen LogP) is 4.32. The quantitative estimate of drug-likeness (QED) is 0.897. The second-order valence-electron chi connectivity index (χ2n) is 6.09. The first kappa shape index (κ1) is 15.2. The number of aryl methyl sites for hydroxylation is 2. The molecule has 116 valence electrons. The number of halogens is 2. The van der Waals surface area contributed by atoms with Gasteiger partial charge in [-0.25, -0.2) is 8.78 Å². The lowest BCUT2D eigenvalue weighted by Crippen LogP contribution is -2.30. The lowest BCUT2D eigenvalue weighted by atomic mass is 9.81. The normalized spacial score (nSPS) is 18.3. The number of rotatable bonds is 3. The Balaban J connectivity index is 2.18. The minimum absolute atomic E-state index is 0.0660. The van der Waals surface area contributed by atoms with Crippen LogP contribution in [0.3, 0.4) is 0 Å². The fourth-order valence-electron chi connectivity index (χ4n) is 3.57. The molecule has 0 fully saturated rings. The summed E-state index contributed by atoms with van der Waals surface area (Å²) in [4.78, 5) is 0. The van der Waals surface area contributed by atoms with Crippen LogP contribution in [0.5, 0.6) is 0 Å². The molecule has 2 aromatic carbocycles. The molecule has 2 atom stereocenters. The van der Waals surface area contributed by atoms with Gasteiger partial charge in [-0.2, -0.15) is 0 Å². The van der Waals surface area contributed by atoms with Crippen LogP contribution in [0.15, 0.2) is 36.4 Å². The maximum absolute atomic E-state index is 13.8. The Morgan fingerprint density at radius 2 is 1.73 bits per heavy atom. The van der Waals surface area contributed by atoms with E-state index in [9.17, 15) is 8.78 Å². The average Bonchev–Trinajstić information content (AvgIpc) is 2.65. The molecule has 2 aromatic rings. The molecule has 0 heterocycles. The summed E-state index contributed by atoms with van der Waals surface area (Å²) < 4.78 is 27.5. The van der Waals surface area contributed by atoms with Gasteiger partial charge in [0.15, 0.2) is 11.6 Å². The van der Waals surface area contributed by atoms with Crippen molar-refractivity contribution in [3.8, 4) is 0 Å². The molecule has 3 heteroatoms. The van der Waals surface area contributed by atoms with E-state index in [1.165, 1.54) is 17.7 Å². The Hall–Kier alpha value is -1.74. The molecule has 0 saturated carbocycles. The Morgan fingerprint density at radius 3 is 2.50 bits per heavy atom. The standard InChI is InChI=1S/C19H21F2N/c1-2-5-18(22)19-14-7-4-3-6-12(14)8-9-13-10-16(20)17(21)11-15(13)19/h3-4,6-7,10-11,18-19H,2,5,8-9,22H2,1H3. The third-order valence-electron chi connectivity index (χ3n) is 4.62. The second-order valence-corrected chi connectivity index (χ2v) is 6.09. The van der Waals surface area contributed by atoms with E-state index in [-0.39, 0.29) is 12.0 Å². The van der Waals surface area contributed by atoms with Crippen molar-refractivity contribution in [2.24, 2.45) is 5.73 Å². The van der Waals surface area contributed by atoms with Gasteiger partial charge < -0.3 is 5.73 Å². The predicted molar refractivity (Wildman–Crippen MR) is 84.9 cm³/mol. The molecule has 0 aliphatic heterocycles. The third kappa shape index (κ3) is 2.66. The molecule has 0 spiro atoms. The first-order valence-corrected chi connectivity index (χ1v) is 7.93. The summed E-state index contributed by atoms with van der Waals surface area (Å²) in [5.74, 6) is -1.62. The molecule has 0 aromatic heterocycles. The van der Waals surface area contributed by atoms with Crippen molar-refractivity contribution in [2.75, 3.05) is 0 Å². The summed E-state index contributed by atoms with van der Waals surface area (Å²) in [6.45, 7) is 2.09. The zero-order chi connectivity index (χ0) is 15.7. The van der Waals surface area contributed by atoms with Crippen molar-refractivity contribution >= 4 is 0 Å². The first-order chi connectivity index (χ1) is 10.6. The van der Waals surface area contributed by atoms with E-state index in [1.807, 2.05) is 12.1 Å². The van der Waals surface area contributed by atoms with Gasteiger partial charge in [0.25, 0.3) is 0 Å². The maximum Gasteiger partial charge on any atom is 0.159 e. The Labute approximate surface area is 130 Å². The van der Waals surface area contributed by atoms with E-state index in [0.29, 0.717) is 0 Å². The van der Waals surface area contributed by atoms with Gasteiger partial charge in [-0.1, -0.05) is 37.6 Å². The molecule has 2 unspecified atom stereocenters. The third-order valence-corrected chi connectivity index (χ3v) is 4.62. The van der Waals surface area contributed by atoms with Crippen molar-refractivity contribution in [1.29, 1.82) is 0 Å². The minimum atomic E-state index is -0.785. The van der Waals surface area contributed by atoms with Crippen LogP contribution in [0.2, 0.25) is 0 Å². The molecule has 3 rings (SSSR count). The molecule has 0 saturated heterocycles. The van der Waals surface area contributed by atoms with Gasteiger partial charge in [-0.05, 0) is 53.6 Å². The van der Waals surface area contributed by atoms with Crippen LogP contribution >= 0.6 is 0 Å². The van der Waals surface area contributed by atoms with Gasteiger partial charge in [-0.15, -0.1) is 0 Å². The number of nitrogens with two attached hydrogens (primary N) is 1. The summed E-state index contributed by atoms with van der Waals surface area (Å²) in [7, 11) is 0. The highest BCUT2D eigenvalue weighted by molar-refractivity contribution is 5.46. The molecule has 1 nitrogen and oxygen atoms in total. The molecule has 2 N–H and O–H groups in total. The Morgan fingerprint density at radius 1 is 1.05 bits per heavy atom.